The van der Waals surface area contributed by atoms with Gasteiger partial charge in [-0.15, -0.1) is 10.2 Å². The third kappa shape index (κ3) is 1.51. The van der Waals surface area contributed by atoms with Gasteiger partial charge in [-0.3, -0.25) is 0 Å². The maximum absolute atomic E-state index is 5.11. The van der Waals surface area contributed by atoms with E-state index in [1.807, 2.05) is 25.1 Å². The van der Waals surface area contributed by atoms with Crippen molar-refractivity contribution in [3.8, 4) is 5.75 Å². The minimum Gasteiger partial charge on any atom is -0.497 e. The summed E-state index contributed by atoms with van der Waals surface area (Å²) in [4.78, 5) is 4.35. The van der Waals surface area contributed by atoms with Crippen LogP contribution in [0.15, 0.2) is 18.2 Å². The van der Waals surface area contributed by atoms with Crippen molar-refractivity contribution in [2.45, 2.75) is 13.3 Å². The maximum atomic E-state index is 5.11. The van der Waals surface area contributed by atoms with Crippen molar-refractivity contribution in [3.05, 3.63) is 24.0 Å². The summed E-state index contributed by atoms with van der Waals surface area (Å²) in [5.74, 6) is 1.55. The van der Waals surface area contributed by atoms with Gasteiger partial charge in [0.1, 0.15) is 11.3 Å². The summed E-state index contributed by atoms with van der Waals surface area (Å²) in [5, 5.41) is 8.04. The molecule has 0 saturated carbocycles. The largest absolute Gasteiger partial charge is 0.497 e. The van der Waals surface area contributed by atoms with Crippen molar-refractivity contribution in [3.63, 3.8) is 0 Å². The van der Waals surface area contributed by atoms with Gasteiger partial charge in [-0.25, -0.2) is 4.98 Å². The Hall–Kier alpha value is -1.71. The van der Waals surface area contributed by atoms with E-state index in [1.54, 1.807) is 7.11 Å². The zero-order valence-electron chi connectivity index (χ0n) is 8.19. The van der Waals surface area contributed by atoms with E-state index < -0.39 is 0 Å². The monoisotopic (exact) mass is 189 g/mol. The van der Waals surface area contributed by atoms with Gasteiger partial charge >= 0.3 is 0 Å². The molecule has 0 amide bonds. The number of aryl methyl sites for hydroxylation is 1. The second-order valence-corrected chi connectivity index (χ2v) is 2.94. The summed E-state index contributed by atoms with van der Waals surface area (Å²) in [7, 11) is 1.64. The standard InChI is InChI=1S/C10H11N3O/c1-3-10-11-9-6-7(14-2)4-5-8(9)12-13-10/h4-6H,3H2,1-2H3. The van der Waals surface area contributed by atoms with Gasteiger partial charge in [-0.2, -0.15) is 0 Å². The first kappa shape index (κ1) is 8.87. The Kier molecular flexibility index (Phi) is 2.26. The molecule has 1 heterocycles. The number of nitrogens with zero attached hydrogens (tertiary/aromatic N) is 3. The lowest BCUT2D eigenvalue weighted by Gasteiger charge is -2.01. The predicted molar refractivity (Wildman–Crippen MR) is 53.3 cm³/mol. The smallest absolute Gasteiger partial charge is 0.151 e. The molecular weight excluding hydrogens is 178 g/mol. The summed E-state index contributed by atoms with van der Waals surface area (Å²) < 4.78 is 5.11. The summed E-state index contributed by atoms with van der Waals surface area (Å²) in [6, 6.07) is 5.57. The molecular formula is C10H11N3O. The number of methoxy groups -OCH3 is 1. The van der Waals surface area contributed by atoms with Crippen LogP contribution in [0.25, 0.3) is 11.0 Å². The van der Waals surface area contributed by atoms with E-state index in [-0.39, 0.29) is 0 Å². The van der Waals surface area contributed by atoms with Gasteiger partial charge in [0.2, 0.25) is 0 Å². The van der Waals surface area contributed by atoms with E-state index in [4.69, 9.17) is 4.74 Å². The average Bonchev–Trinajstić information content (AvgIpc) is 2.27. The predicted octanol–water partition coefficient (Wildman–Crippen LogP) is 1.60. The van der Waals surface area contributed by atoms with E-state index in [1.165, 1.54) is 0 Å². The number of hydrogen-bond acceptors (Lipinski definition) is 4. The molecule has 4 heteroatoms. The first-order chi connectivity index (χ1) is 6.83. The number of hydrogen-bond donors (Lipinski definition) is 0. The van der Waals surface area contributed by atoms with E-state index in [2.05, 4.69) is 15.2 Å². The Morgan fingerprint density at radius 1 is 1.21 bits per heavy atom. The Morgan fingerprint density at radius 2 is 2.07 bits per heavy atom. The van der Waals surface area contributed by atoms with Crippen molar-refractivity contribution in [1.82, 2.24) is 15.2 Å². The molecule has 0 N–H and O–H groups in total. The van der Waals surface area contributed by atoms with Crippen molar-refractivity contribution in [2.24, 2.45) is 0 Å². The third-order valence-electron chi connectivity index (χ3n) is 2.02. The molecule has 0 aliphatic heterocycles. The van der Waals surface area contributed by atoms with Crippen molar-refractivity contribution in [1.29, 1.82) is 0 Å². The molecule has 0 aliphatic rings. The zero-order valence-corrected chi connectivity index (χ0v) is 8.19. The van der Waals surface area contributed by atoms with Crippen LogP contribution in [0.3, 0.4) is 0 Å². The van der Waals surface area contributed by atoms with Gasteiger partial charge in [0, 0.05) is 12.5 Å². The van der Waals surface area contributed by atoms with E-state index >= 15 is 0 Å². The van der Waals surface area contributed by atoms with Crippen LogP contribution in [0.5, 0.6) is 5.75 Å². The van der Waals surface area contributed by atoms with E-state index in [0.717, 1.165) is 29.0 Å². The molecule has 0 aliphatic carbocycles. The number of ether oxygens (including phenoxy) is 1. The molecule has 0 bridgehead atoms. The molecule has 1 aromatic heterocycles. The highest BCUT2D eigenvalue weighted by Crippen LogP contribution is 2.16. The first-order valence-corrected chi connectivity index (χ1v) is 4.51. The highest BCUT2D eigenvalue weighted by Gasteiger charge is 2.01. The summed E-state index contributed by atoms with van der Waals surface area (Å²) >= 11 is 0. The SMILES string of the molecule is CCc1nnc2ccc(OC)cc2n1. The van der Waals surface area contributed by atoms with Gasteiger partial charge in [0.05, 0.1) is 12.6 Å². The van der Waals surface area contributed by atoms with Crippen molar-refractivity contribution >= 4 is 11.0 Å². The zero-order chi connectivity index (χ0) is 9.97. The van der Waals surface area contributed by atoms with Crippen LogP contribution < -0.4 is 4.74 Å². The second-order valence-electron chi connectivity index (χ2n) is 2.94. The fourth-order valence-corrected chi connectivity index (χ4v) is 1.23. The summed E-state index contributed by atoms with van der Waals surface area (Å²) in [5.41, 5.74) is 1.62. The highest BCUT2D eigenvalue weighted by molar-refractivity contribution is 5.75. The van der Waals surface area contributed by atoms with Gasteiger partial charge in [-0.1, -0.05) is 6.92 Å². The van der Waals surface area contributed by atoms with Gasteiger partial charge < -0.3 is 4.74 Å². The molecule has 2 aromatic rings. The third-order valence-corrected chi connectivity index (χ3v) is 2.02. The molecule has 0 spiro atoms. The van der Waals surface area contributed by atoms with Crippen LogP contribution in [0.4, 0.5) is 0 Å². The van der Waals surface area contributed by atoms with Gasteiger partial charge in [-0.05, 0) is 12.1 Å². The van der Waals surface area contributed by atoms with Crippen LogP contribution >= 0.6 is 0 Å². The molecule has 14 heavy (non-hydrogen) atoms. The molecule has 0 fully saturated rings. The number of aromatic nitrogens is 3. The lowest BCUT2D eigenvalue weighted by atomic mass is 10.3. The highest BCUT2D eigenvalue weighted by atomic mass is 16.5. The topological polar surface area (TPSA) is 47.9 Å². The first-order valence-electron chi connectivity index (χ1n) is 4.51. The molecule has 2 rings (SSSR count). The van der Waals surface area contributed by atoms with Crippen molar-refractivity contribution in [2.75, 3.05) is 7.11 Å². The molecule has 72 valence electrons. The Labute approximate surface area is 81.9 Å². The molecule has 4 nitrogen and oxygen atoms in total. The summed E-state index contributed by atoms with van der Waals surface area (Å²) in [6.45, 7) is 2.00. The number of fused-ring (bicyclic) bond motifs is 1. The Morgan fingerprint density at radius 3 is 2.79 bits per heavy atom. The molecule has 0 radical (unpaired) electrons. The Bertz CT molecular complexity index is 417. The molecule has 0 saturated heterocycles. The van der Waals surface area contributed by atoms with Gasteiger partial charge in [0.15, 0.2) is 5.82 Å². The second kappa shape index (κ2) is 3.57. The van der Waals surface area contributed by atoms with Crippen LogP contribution in [0, 0.1) is 0 Å². The van der Waals surface area contributed by atoms with Crippen LogP contribution in [-0.4, -0.2) is 22.3 Å². The van der Waals surface area contributed by atoms with Crippen LogP contribution in [0.1, 0.15) is 12.7 Å². The normalized spacial score (nSPS) is 10.4. The van der Waals surface area contributed by atoms with Gasteiger partial charge in [0.25, 0.3) is 0 Å². The summed E-state index contributed by atoms with van der Waals surface area (Å²) in [6.07, 6.45) is 0.792. The van der Waals surface area contributed by atoms with Crippen molar-refractivity contribution < 1.29 is 4.74 Å². The minimum atomic E-state index is 0.755. The van der Waals surface area contributed by atoms with E-state index in [9.17, 15) is 0 Å². The Balaban J connectivity index is 2.60. The van der Waals surface area contributed by atoms with Crippen LogP contribution in [0.2, 0.25) is 0 Å². The molecule has 1 aromatic carbocycles. The fourth-order valence-electron chi connectivity index (χ4n) is 1.23. The number of benzene rings is 1. The molecule has 0 unspecified atom stereocenters. The lowest BCUT2D eigenvalue weighted by Crippen LogP contribution is -1.96. The number of rotatable bonds is 2. The van der Waals surface area contributed by atoms with E-state index in [0.29, 0.717) is 0 Å². The lowest BCUT2D eigenvalue weighted by molar-refractivity contribution is 0.415. The quantitative estimate of drug-likeness (QED) is 0.719. The molecule has 0 atom stereocenters. The average molecular weight is 189 g/mol. The maximum Gasteiger partial charge on any atom is 0.151 e. The van der Waals surface area contributed by atoms with Crippen LogP contribution in [-0.2, 0) is 6.42 Å². The fraction of sp³-hybridized carbons (Fsp3) is 0.300. The minimum absolute atomic E-state index is 0.755.